The van der Waals surface area contributed by atoms with E-state index in [-0.39, 0.29) is 11.9 Å². The number of imidazole rings is 1. The quantitative estimate of drug-likeness (QED) is 0.367. The van der Waals surface area contributed by atoms with Crippen LogP contribution in [0.1, 0.15) is 64.1 Å². The number of carbonyl (C=O) groups excluding carboxylic acids is 1. The first-order valence-electron chi connectivity index (χ1n) is 12.8. The van der Waals surface area contributed by atoms with E-state index in [1.54, 1.807) is 12.3 Å². The van der Waals surface area contributed by atoms with Crippen LogP contribution in [0, 0.1) is 25.2 Å². The Kier molecular flexibility index (Phi) is 6.72. The molecule has 1 amide bonds. The first kappa shape index (κ1) is 25.2. The predicted octanol–water partition coefficient (Wildman–Crippen LogP) is 4.37. The predicted molar refractivity (Wildman–Crippen MR) is 143 cm³/mol. The third-order valence-corrected chi connectivity index (χ3v) is 7.16. The van der Waals surface area contributed by atoms with Gasteiger partial charge in [-0.3, -0.25) is 14.5 Å². The van der Waals surface area contributed by atoms with Crippen molar-refractivity contribution in [3.63, 3.8) is 0 Å². The van der Waals surface area contributed by atoms with E-state index in [2.05, 4.69) is 37.8 Å². The van der Waals surface area contributed by atoms with Gasteiger partial charge in [0.2, 0.25) is 0 Å². The van der Waals surface area contributed by atoms with E-state index in [0.29, 0.717) is 48.7 Å². The summed E-state index contributed by atoms with van der Waals surface area (Å²) in [7, 11) is 1.94. The fourth-order valence-corrected chi connectivity index (χ4v) is 5.20. The maximum Gasteiger partial charge on any atom is 0.254 e. The van der Waals surface area contributed by atoms with Crippen molar-refractivity contribution in [3.8, 4) is 23.1 Å². The molecule has 1 aromatic carbocycles. The zero-order valence-corrected chi connectivity index (χ0v) is 22.4. The minimum absolute atomic E-state index is 0.0350. The number of hydrogen-bond donors (Lipinski definition) is 0. The normalized spacial score (nSPS) is 13.8. The maximum atomic E-state index is 14.0. The SMILES string of the molecule is CCOc1cc([C@H](C)N2CCc3c(cc(Cn4ccnc4C)cc3-c3cc(C)nn3C)C2=O)ncc1C#N. The molecule has 1 atom stereocenters. The van der Waals surface area contributed by atoms with Crippen molar-refractivity contribution in [2.45, 2.75) is 46.7 Å². The van der Waals surface area contributed by atoms with Gasteiger partial charge in [-0.2, -0.15) is 10.4 Å². The molecular weight excluding hydrogens is 478 g/mol. The topological polar surface area (TPSA) is 102 Å². The minimum atomic E-state index is -0.287. The fourth-order valence-electron chi connectivity index (χ4n) is 5.20. The molecule has 0 spiro atoms. The van der Waals surface area contributed by atoms with Gasteiger partial charge in [0.15, 0.2) is 0 Å². The smallest absolute Gasteiger partial charge is 0.254 e. The zero-order chi connectivity index (χ0) is 27.0. The van der Waals surface area contributed by atoms with E-state index in [4.69, 9.17) is 4.74 Å². The van der Waals surface area contributed by atoms with Crippen LogP contribution < -0.4 is 4.74 Å². The number of ether oxygens (including phenoxy) is 1. The Morgan fingerprint density at radius 1 is 1.16 bits per heavy atom. The second-order valence-corrected chi connectivity index (χ2v) is 9.64. The molecule has 38 heavy (non-hydrogen) atoms. The number of amides is 1. The Labute approximate surface area is 222 Å². The summed E-state index contributed by atoms with van der Waals surface area (Å²) in [6.45, 7) is 9.40. The summed E-state index contributed by atoms with van der Waals surface area (Å²) >= 11 is 0. The Morgan fingerprint density at radius 2 is 1.95 bits per heavy atom. The van der Waals surface area contributed by atoms with Crippen molar-refractivity contribution in [1.29, 1.82) is 5.26 Å². The van der Waals surface area contributed by atoms with Gasteiger partial charge in [-0.1, -0.05) is 0 Å². The average molecular weight is 510 g/mol. The van der Waals surface area contributed by atoms with Crippen LogP contribution in [0.25, 0.3) is 11.3 Å². The summed E-state index contributed by atoms with van der Waals surface area (Å²) in [6.07, 6.45) is 5.97. The summed E-state index contributed by atoms with van der Waals surface area (Å²) in [5.74, 6) is 1.37. The Hall–Kier alpha value is -4.45. The van der Waals surface area contributed by atoms with Crippen molar-refractivity contribution < 1.29 is 9.53 Å². The van der Waals surface area contributed by atoms with Gasteiger partial charge in [-0.15, -0.1) is 0 Å². The van der Waals surface area contributed by atoms with Gasteiger partial charge in [-0.05, 0) is 63.4 Å². The molecule has 1 aliphatic rings. The molecule has 9 nitrogen and oxygen atoms in total. The molecule has 0 saturated carbocycles. The maximum absolute atomic E-state index is 14.0. The van der Waals surface area contributed by atoms with E-state index >= 15 is 0 Å². The molecule has 4 aromatic rings. The number of benzene rings is 1. The van der Waals surface area contributed by atoms with Crippen LogP contribution in [0.5, 0.6) is 5.75 Å². The number of rotatable bonds is 7. The lowest BCUT2D eigenvalue weighted by molar-refractivity contribution is 0.0669. The van der Waals surface area contributed by atoms with Gasteiger partial charge in [0.05, 0.1) is 29.7 Å². The summed E-state index contributed by atoms with van der Waals surface area (Å²) in [6, 6.07) is 9.87. The fraction of sp³-hybridized carbons (Fsp3) is 0.345. The van der Waals surface area contributed by atoms with Gasteiger partial charge >= 0.3 is 0 Å². The van der Waals surface area contributed by atoms with Gasteiger partial charge in [0.1, 0.15) is 23.2 Å². The van der Waals surface area contributed by atoms with Crippen LogP contribution in [0.15, 0.2) is 42.9 Å². The van der Waals surface area contributed by atoms with Crippen LogP contribution in [0.3, 0.4) is 0 Å². The number of hydrogen-bond acceptors (Lipinski definition) is 6. The summed E-state index contributed by atoms with van der Waals surface area (Å²) in [4.78, 5) is 24.7. The third-order valence-electron chi connectivity index (χ3n) is 7.16. The number of pyridine rings is 1. The van der Waals surface area contributed by atoms with E-state index in [9.17, 15) is 10.1 Å². The standard InChI is InChI=1S/C29H31N7O2/c1-6-38-28-14-26(32-16-22(28)15-30)19(3)36-9-7-23-24(27-11-18(2)33-34(27)5)12-21(13-25(23)29(36)37)17-35-10-8-31-20(35)4/h8,10-14,16,19H,6-7,9,17H2,1-5H3/t19-/m0/s1. The molecule has 4 heterocycles. The molecule has 0 N–H and O–H groups in total. The largest absolute Gasteiger partial charge is 0.492 e. The highest BCUT2D eigenvalue weighted by atomic mass is 16.5. The summed E-state index contributed by atoms with van der Waals surface area (Å²) in [5, 5.41) is 14.0. The van der Waals surface area contributed by atoms with Gasteiger partial charge in [0.25, 0.3) is 5.91 Å². The highest BCUT2D eigenvalue weighted by Gasteiger charge is 2.32. The third kappa shape index (κ3) is 4.54. The van der Waals surface area contributed by atoms with Crippen molar-refractivity contribution in [2.75, 3.05) is 13.2 Å². The summed E-state index contributed by atoms with van der Waals surface area (Å²) < 4.78 is 9.62. The molecular formula is C29H31N7O2. The molecule has 0 saturated heterocycles. The van der Waals surface area contributed by atoms with Gasteiger partial charge in [-0.25, -0.2) is 4.98 Å². The number of aryl methyl sites for hydroxylation is 3. The lowest BCUT2D eigenvalue weighted by atomic mass is 9.89. The van der Waals surface area contributed by atoms with E-state index in [1.165, 1.54) is 6.20 Å². The Balaban J connectivity index is 1.56. The van der Waals surface area contributed by atoms with Crippen LogP contribution >= 0.6 is 0 Å². The van der Waals surface area contributed by atoms with Crippen LogP contribution in [0.2, 0.25) is 0 Å². The zero-order valence-electron chi connectivity index (χ0n) is 22.4. The number of aromatic nitrogens is 5. The molecule has 194 valence electrons. The molecule has 1 aliphatic heterocycles. The first-order valence-corrected chi connectivity index (χ1v) is 12.8. The number of fused-ring (bicyclic) bond motifs is 1. The van der Waals surface area contributed by atoms with E-state index < -0.39 is 0 Å². The minimum Gasteiger partial charge on any atom is -0.492 e. The van der Waals surface area contributed by atoms with Gasteiger partial charge < -0.3 is 14.2 Å². The Morgan fingerprint density at radius 3 is 2.61 bits per heavy atom. The highest BCUT2D eigenvalue weighted by molar-refractivity contribution is 5.99. The number of nitriles is 1. The molecule has 0 radical (unpaired) electrons. The molecule has 0 fully saturated rings. The van der Waals surface area contributed by atoms with Crippen LogP contribution in [0.4, 0.5) is 0 Å². The van der Waals surface area contributed by atoms with E-state index in [0.717, 1.165) is 33.9 Å². The first-order chi connectivity index (χ1) is 18.3. The van der Waals surface area contributed by atoms with Crippen LogP contribution in [-0.2, 0) is 20.0 Å². The molecule has 5 rings (SSSR count). The van der Waals surface area contributed by atoms with Gasteiger partial charge in [0, 0.05) is 55.9 Å². The second-order valence-electron chi connectivity index (χ2n) is 9.64. The van der Waals surface area contributed by atoms with Crippen molar-refractivity contribution >= 4 is 5.91 Å². The molecule has 0 bridgehead atoms. The van der Waals surface area contributed by atoms with Crippen molar-refractivity contribution in [2.24, 2.45) is 7.05 Å². The molecule has 0 unspecified atom stereocenters. The number of nitrogens with zero attached hydrogens (tertiary/aromatic N) is 7. The van der Waals surface area contributed by atoms with Crippen molar-refractivity contribution in [3.05, 3.63) is 82.3 Å². The molecule has 0 aliphatic carbocycles. The molecule has 3 aromatic heterocycles. The lowest BCUT2D eigenvalue weighted by Crippen LogP contribution is -2.40. The monoisotopic (exact) mass is 509 g/mol. The summed E-state index contributed by atoms with van der Waals surface area (Å²) in [5.41, 5.74) is 6.80. The van der Waals surface area contributed by atoms with E-state index in [1.807, 2.05) is 56.6 Å². The average Bonchev–Trinajstić information content (AvgIpc) is 3.47. The highest BCUT2D eigenvalue weighted by Crippen LogP contribution is 2.35. The number of carbonyl (C=O) groups is 1. The van der Waals surface area contributed by atoms with Crippen LogP contribution in [-0.4, -0.2) is 48.3 Å². The lowest BCUT2D eigenvalue weighted by Gasteiger charge is -2.34. The Bertz CT molecular complexity index is 1560. The molecule has 9 heteroatoms. The second kappa shape index (κ2) is 10.1. The van der Waals surface area contributed by atoms with Crippen molar-refractivity contribution in [1.82, 2.24) is 29.2 Å².